The fraction of sp³-hybridized carbons (Fsp3) is 0.143. The van der Waals surface area contributed by atoms with Gasteiger partial charge >= 0.3 is 0 Å². The summed E-state index contributed by atoms with van der Waals surface area (Å²) in [6, 6.07) is 9.94. The van der Waals surface area contributed by atoms with Crippen LogP contribution in [0.15, 0.2) is 51.9 Å². The predicted molar refractivity (Wildman–Crippen MR) is 75.7 cm³/mol. The number of nitrogens with zero attached hydrogens (tertiary/aromatic N) is 1. The Morgan fingerprint density at radius 3 is 2.84 bits per heavy atom. The fourth-order valence-electron chi connectivity index (χ4n) is 1.67. The van der Waals surface area contributed by atoms with Gasteiger partial charge in [-0.05, 0) is 34.1 Å². The molecular weight excluding hydrogens is 310 g/mol. The first-order chi connectivity index (χ1) is 9.10. The van der Waals surface area contributed by atoms with E-state index in [1.807, 2.05) is 0 Å². The third kappa shape index (κ3) is 3.32. The van der Waals surface area contributed by atoms with Crippen molar-refractivity contribution in [2.45, 2.75) is 6.54 Å². The maximum Gasteiger partial charge on any atom is 0.251 e. The predicted octanol–water partition coefficient (Wildman–Crippen LogP) is 2.50. The minimum atomic E-state index is -0.209. The van der Waals surface area contributed by atoms with E-state index >= 15 is 0 Å². The van der Waals surface area contributed by atoms with Crippen molar-refractivity contribution in [3.05, 3.63) is 63.0 Å². The topological polar surface area (TPSA) is 48.3 Å². The highest BCUT2D eigenvalue weighted by Gasteiger charge is 2.09. The van der Waals surface area contributed by atoms with E-state index in [1.54, 1.807) is 43.6 Å². The minimum absolute atomic E-state index is 0.00540. The molecule has 0 aliphatic carbocycles. The Kier molecular flexibility index (Phi) is 4.16. The molecule has 19 heavy (non-hydrogen) atoms. The zero-order chi connectivity index (χ0) is 13.8. The van der Waals surface area contributed by atoms with Gasteiger partial charge in [0, 0.05) is 22.3 Å². The van der Waals surface area contributed by atoms with Crippen LogP contribution in [-0.2, 0) is 6.54 Å². The van der Waals surface area contributed by atoms with E-state index in [2.05, 4.69) is 15.9 Å². The molecule has 0 aliphatic heterocycles. The molecule has 0 saturated carbocycles. The summed E-state index contributed by atoms with van der Waals surface area (Å²) in [5, 5.41) is 0. The lowest BCUT2D eigenvalue weighted by Gasteiger charge is -2.06. The Morgan fingerprint density at radius 1 is 1.32 bits per heavy atom. The number of halogens is 1. The van der Waals surface area contributed by atoms with Gasteiger partial charge in [0.05, 0.1) is 13.7 Å². The quantitative estimate of drug-likeness (QED) is 0.813. The highest BCUT2D eigenvalue weighted by Crippen LogP contribution is 2.13. The molecule has 0 unspecified atom stereocenters. The molecule has 98 valence electrons. The molecule has 0 fully saturated rings. The fourth-order valence-corrected chi connectivity index (χ4v) is 2.05. The average molecular weight is 322 g/mol. The number of ketones is 1. The van der Waals surface area contributed by atoms with Crippen LogP contribution in [0.25, 0.3) is 0 Å². The minimum Gasteiger partial charge on any atom is -0.497 e. The van der Waals surface area contributed by atoms with Gasteiger partial charge in [0.25, 0.3) is 5.56 Å². The lowest BCUT2D eigenvalue weighted by atomic mass is 10.1. The van der Waals surface area contributed by atoms with Crippen molar-refractivity contribution in [3.63, 3.8) is 0 Å². The first kappa shape index (κ1) is 13.5. The molecule has 0 radical (unpaired) electrons. The Balaban J connectivity index is 2.25. The summed E-state index contributed by atoms with van der Waals surface area (Å²) in [6.45, 7) is 0.00540. The van der Waals surface area contributed by atoms with Gasteiger partial charge in [-0.3, -0.25) is 9.59 Å². The standard InChI is InChI=1S/C14H12BrNO3/c1-19-12-4-2-3-10(7-12)13(17)9-16-8-11(15)5-6-14(16)18/h2-8H,9H2,1H3. The molecule has 4 nitrogen and oxygen atoms in total. The van der Waals surface area contributed by atoms with E-state index in [0.717, 1.165) is 4.47 Å². The van der Waals surface area contributed by atoms with E-state index in [-0.39, 0.29) is 17.9 Å². The van der Waals surface area contributed by atoms with Crippen molar-refractivity contribution < 1.29 is 9.53 Å². The van der Waals surface area contributed by atoms with Crippen LogP contribution in [0.2, 0.25) is 0 Å². The number of aromatic nitrogens is 1. The number of carbonyl (C=O) groups is 1. The Hall–Kier alpha value is -1.88. The maximum atomic E-state index is 12.1. The second-order valence-electron chi connectivity index (χ2n) is 3.97. The molecule has 0 saturated heterocycles. The highest BCUT2D eigenvalue weighted by molar-refractivity contribution is 9.10. The number of ether oxygens (including phenoxy) is 1. The van der Waals surface area contributed by atoms with Crippen LogP contribution in [-0.4, -0.2) is 17.5 Å². The van der Waals surface area contributed by atoms with Gasteiger partial charge in [-0.1, -0.05) is 12.1 Å². The molecule has 0 bridgehead atoms. The van der Waals surface area contributed by atoms with Gasteiger partial charge < -0.3 is 9.30 Å². The number of hydrogen-bond acceptors (Lipinski definition) is 3. The molecule has 1 aromatic carbocycles. The average Bonchev–Trinajstić information content (AvgIpc) is 2.43. The Bertz CT molecular complexity index is 664. The molecule has 1 heterocycles. The van der Waals surface area contributed by atoms with Gasteiger partial charge in [0.2, 0.25) is 0 Å². The van der Waals surface area contributed by atoms with Crippen molar-refractivity contribution >= 4 is 21.7 Å². The summed E-state index contributed by atoms with van der Waals surface area (Å²) >= 11 is 3.27. The van der Waals surface area contributed by atoms with E-state index in [0.29, 0.717) is 11.3 Å². The number of carbonyl (C=O) groups excluding carboxylic acids is 1. The van der Waals surface area contributed by atoms with Crippen molar-refractivity contribution in [2.75, 3.05) is 7.11 Å². The molecular formula is C14H12BrNO3. The van der Waals surface area contributed by atoms with E-state index in [1.165, 1.54) is 10.6 Å². The lowest BCUT2D eigenvalue weighted by molar-refractivity contribution is 0.0970. The number of Topliss-reactive ketones (excluding diaryl/α,β-unsaturated/α-hetero) is 1. The maximum absolute atomic E-state index is 12.1. The van der Waals surface area contributed by atoms with Gasteiger partial charge in [-0.25, -0.2) is 0 Å². The largest absolute Gasteiger partial charge is 0.497 e. The molecule has 1 aromatic heterocycles. The summed E-state index contributed by atoms with van der Waals surface area (Å²) in [4.78, 5) is 23.7. The molecule has 2 rings (SSSR count). The smallest absolute Gasteiger partial charge is 0.251 e. The van der Waals surface area contributed by atoms with Crippen LogP contribution >= 0.6 is 15.9 Å². The first-order valence-electron chi connectivity index (χ1n) is 5.63. The highest BCUT2D eigenvalue weighted by atomic mass is 79.9. The van der Waals surface area contributed by atoms with E-state index in [4.69, 9.17) is 4.74 Å². The zero-order valence-corrected chi connectivity index (χ0v) is 11.9. The zero-order valence-electron chi connectivity index (χ0n) is 10.3. The molecule has 0 spiro atoms. The van der Waals surface area contributed by atoms with E-state index < -0.39 is 0 Å². The van der Waals surface area contributed by atoms with Crippen molar-refractivity contribution in [3.8, 4) is 5.75 Å². The number of hydrogen-bond donors (Lipinski definition) is 0. The molecule has 0 aliphatic rings. The molecule has 0 atom stereocenters. The summed E-state index contributed by atoms with van der Waals surface area (Å²) in [7, 11) is 1.54. The number of rotatable bonds is 4. The van der Waals surface area contributed by atoms with Crippen LogP contribution in [0.3, 0.4) is 0 Å². The van der Waals surface area contributed by atoms with Crippen LogP contribution in [0, 0.1) is 0 Å². The lowest BCUT2D eigenvalue weighted by Crippen LogP contribution is -2.22. The normalized spacial score (nSPS) is 10.2. The summed E-state index contributed by atoms with van der Waals surface area (Å²) in [6.07, 6.45) is 1.60. The number of methoxy groups -OCH3 is 1. The Labute approximate surface area is 118 Å². The number of benzene rings is 1. The second-order valence-corrected chi connectivity index (χ2v) is 4.88. The first-order valence-corrected chi connectivity index (χ1v) is 6.42. The van der Waals surface area contributed by atoms with Gasteiger partial charge in [0.1, 0.15) is 5.75 Å². The summed E-state index contributed by atoms with van der Waals surface area (Å²) in [5.41, 5.74) is 0.311. The molecule has 0 N–H and O–H groups in total. The molecule has 5 heteroatoms. The van der Waals surface area contributed by atoms with Gasteiger partial charge in [-0.2, -0.15) is 0 Å². The van der Waals surface area contributed by atoms with Crippen LogP contribution in [0.4, 0.5) is 0 Å². The summed E-state index contributed by atoms with van der Waals surface area (Å²) < 4.78 is 7.19. The SMILES string of the molecule is COc1cccc(C(=O)Cn2cc(Br)ccc2=O)c1. The van der Waals surface area contributed by atoms with E-state index in [9.17, 15) is 9.59 Å². The second kappa shape index (κ2) is 5.84. The third-order valence-electron chi connectivity index (χ3n) is 2.65. The summed E-state index contributed by atoms with van der Waals surface area (Å²) in [5.74, 6) is 0.478. The molecule has 0 amide bonds. The van der Waals surface area contributed by atoms with Gasteiger partial charge in [0.15, 0.2) is 5.78 Å². The van der Waals surface area contributed by atoms with Crippen LogP contribution in [0.1, 0.15) is 10.4 Å². The van der Waals surface area contributed by atoms with Crippen molar-refractivity contribution in [1.82, 2.24) is 4.57 Å². The monoisotopic (exact) mass is 321 g/mol. The van der Waals surface area contributed by atoms with Gasteiger partial charge in [-0.15, -0.1) is 0 Å². The van der Waals surface area contributed by atoms with Crippen LogP contribution < -0.4 is 10.3 Å². The Morgan fingerprint density at radius 2 is 2.11 bits per heavy atom. The third-order valence-corrected chi connectivity index (χ3v) is 3.12. The van der Waals surface area contributed by atoms with Crippen molar-refractivity contribution in [2.24, 2.45) is 0 Å². The molecule has 2 aromatic rings. The van der Waals surface area contributed by atoms with Crippen molar-refractivity contribution in [1.29, 1.82) is 0 Å². The van der Waals surface area contributed by atoms with Crippen LogP contribution in [0.5, 0.6) is 5.75 Å². The number of pyridine rings is 1.